The van der Waals surface area contributed by atoms with Gasteiger partial charge < -0.3 is 4.74 Å². The molecule has 0 fully saturated rings. The first-order valence-corrected chi connectivity index (χ1v) is 15.2. The second-order valence-corrected chi connectivity index (χ2v) is 11.8. The topological polar surface area (TPSA) is 88.1 Å². The minimum absolute atomic E-state index is 0.0390. The second kappa shape index (κ2) is 13.8. The predicted molar refractivity (Wildman–Crippen MR) is 170 cm³/mol. The molecule has 0 spiro atoms. The molecule has 7 nitrogen and oxygen atoms in total. The fraction of sp³-hybridized carbons (Fsp3) is 0.0588. The highest BCUT2D eigenvalue weighted by atomic mass is 35.5. The number of anilines is 1. The van der Waals surface area contributed by atoms with Crippen molar-refractivity contribution in [3.05, 3.63) is 161 Å². The number of benzene rings is 5. The van der Waals surface area contributed by atoms with E-state index >= 15 is 0 Å². The van der Waals surface area contributed by atoms with Gasteiger partial charge in [0.15, 0.2) is 0 Å². The zero-order chi connectivity index (χ0) is 30.1. The zero-order valence-electron chi connectivity index (χ0n) is 23.0. The molecule has 0 aromatic heterocycles. The Morgan fingerprint density at radius 3 is 2.16 bits per heavy atom. The van der Waals surface area contributed by atoms with E-state index in [1.54, 1.807) is 54.6 Å². The minimum atomic E-state index is -4.00. The summed E-state index contributed by atoms with van der Waals surface area (Å²) in [5, 5.41) is 4.76. The minimum Gasteiger partial charge on any atom is -0.489 e. The number of hydrogen-bond acceptors (Lipinski definition) is 5. The summed E-state index contributed by atoms with van der Waals surface area (Å²) in [4.78, 5) is 13.4. The molecule has 0 saturated heterocycles. The van der Waals surface area contributed by atoms with Crippen LogP contribution in [0.5, 0.6) is 5.75 Å². The number of hydrazone groups is 1. The Balaban J connectivity index is 1.32. The largest absolute Gasteiger partial charge is 0.489 e. The van der Waals surface area contributed by atoms with E-state index < -0.39 is 15.9 Å². The van der Waals surface area contributed by atoms with Crippen LogP contribution in [0.4, 0.5) is 5.69 Å². The van der Waals surface area contributed by atoms with E-state index in [2.05, 4.69) is 10.5 Å². The van der Waals surface area contributed by atoms with Gasteiger partial charge in [-0.1, -0.05) is 84.4 Å². The van der Waals surface area contributed by atoms with E-state index in [0.29, 0.717) is 17.4 Å². The maximum atomic E-state index is 13.8. The maximum Gasteiger partial charge on any atom is 0.273 e. The molecule has 0 saturated carbocycles. The molecule has 0 heterocycles. The van der Waals surface area contributed by atoms with Crippen LogP contribution in [0.1, 0.15) is 27.0 Å². The molecular formula is C34H28ClN3O4S. The molecular weight excluding hydrogens is 582 g/mol. The first-order chi connectivity index (χ1) is 20.9. The van der Waals surface area contributed by atoms with E-state index in [1.807, 2.05) is 66.7 Å². The monoisotopic (exact) mass is 609 g/mol. The third-order valence-corrected chi connectivity index (χ3v) is 8.48. The number of nitrogens with one attached hydrogen (secondary N) is 1. The van der Waals surface area contributed by atoms with Crippen LogP contribution >= 0.6 is 11.6 Å². The number of hydrogen-bond donors (Lipinski definition) is 1. The molecule has 0 atom stereocenters. The molecule has 1 amide bonds. The molecule has 1 N–H and O–H groups in total. The Kier molecular flexibility index (Phi) is 9.51. The van der Waals surface area contributed by atoms with Crippen molar-refractivity contribution in [1.29, 1.82) is 0 Å². The molecule has 0 radical (unpaired) electrons. The number of sulfonamides is 1. The fourth-order valence-corrected chi connectivity index (χ4v) is 6.03. The lowest BCUT2D eigenvalue weighted by Crippen LogP contribution is -2.33. The Morgan fingerprint density at radius 2 is 1.44 bits per heavy atom. The summed E-state index contributed by atoms with van der Waals surface area (Å²) < 4.78 is 34.7. The average Bonchev–Trinajstić information content (AvgIpc) is 3.04. The van der Waals surface area contributed by atoms with E-state index in [1.165, 1.54) is 22.7 Å². The van der Waals surface area contributed by atoms with Crippen molar-refractivity contribution in [1.82, 2.24) is 5.43 Å². The van der Waals surface area contributed by atoms with Crippen molar-refractivity contribution < 1.29 is 17.9 Å². The van der Waals surface area contributed by atoms with Crippen molar-refractivity contribution in [2.75, 3.05) is 4.31 Å². The van der Waals surface area contributed by atoms with E-state index in [-0.39, 0.29) is 22.7 Å². The standard InChI is InChI=1S/C34H28ClN3O4S/c35-29-13-9-12-28(22-29)25-42-30-20-18-26(19-21-30)23-36-37-34(39)32-16-7-8-17-33(32)38(24-27-10-3-1-4-11-27)43(40,41)31-14-5-2-6-15-31/h1-23H,24-25H2,(H,37,39)/b36-23-. The molecule has 0 aliphatic rings. The first kappa shape index (κ1) is 29.6. The molecule has 5 aromatic rings. The summed E-state index contributed by atoms with van der Waals surface area (Å²) >= 11 is 6.03. The van der Waals surface area contributed by atoms with Crippen molar-refractivity contribution in [3.63, 3.8) is 0 Å². The number of para-hydroxylation sites is 1. The highest BCUT2D eigenvalue weighted by Crippen LogP contribution is 2.29. The number of carbonyl (C=O) groups excluding carboxylic acids is 1. The van der Waals surface area contributed by atoms with E-state index in [4.69, 9.17) is 16.3 Å². The van der Waals surface area contributed by atoms with Gasteiger partial charge in [-0.05, 0) is 77.4 Å². The van der Waals surface area contributed by atoms with Crippen LogP contribution in [0.2, 0.25) is 5.02 Å². The van der Waals surface area contributed by atoms with E-state index in [0.717, 1.165) is 16.7 Å². The van der Waals surface area contributed by atoms with E-state index in [9.17, 15) is 13.2 Å². The lowest BCUT2D eigenvalue weighted by Gasteiger charge is -2.26. The molecule has 0 aliphatic heterocycles. The van der Waals surface area contributed by atoms with Gasteiger partial charge in [-0.15, -0.1) is 0 Å². The Labute approximate surface area is 256 Å². The number of carbonyl (C=O) groups is 1. The SMILES string of the molecule is O=C(N/N=C\c1ccc(OCc2cccc(Cl)c2)cc1)c1ccccc1N(Cc1ccccc1)S(=O)(=O)c1ccccc1. The number of ether oxygens (including phenoxy) is 1. The number of rotatable bonds is 11. The lowest BCUT2D eigenvalue weighted by molar-refractivity contribution is 0.0955. The summed E-state index contributed by atoms with van der Waals surface area (Å²) in [5.74, 6) is 0.128. The third kappa shape index (κ3) is 7.68. The van der Waals surface area contributed by atoms with Gasteiger partial charge in [-0.25, -0.2) is 13.8 Å². The van der Waals surface area contributed by atoms with Crippen molar-refractivity contribution in [2.24, 2.45) is 5.10 Å². The summed E-state index contributed by atoms with van der Waals surface area (Å²) in [6.45, 7) is 0.419. The van der Waals surface area contributed by atoms with Crippen LogP contribution in [-0.4, -0.2) is 20.5 Å². The number of halogens is 1. The quantitative estimate of drug-likeness (QED) is 0.128. The van der Waals surface area contributed by atoms with Crippen LogP contribution in [-0.2, 0) is 23.2 Å². The van der Waals surface area contributed by atoms with Crippen molar-refractivity contribution >= 4 is 39.4 Å². The maximum absolute atomic E-state index is 13.8. The van der Waals surface area contributed by atoms with Crippen LogP contribution < -0.4 is 14.5 Å². The van der Waals surface area contributed by atoms with Crippen molar-refractivity contribution in [3.8, 4) is 5.75 Å². The van der Waals surface area contributed by atoms with Crippen LogP contribution in [0, 0.1) is 0 Å². The van der Waals surface area contributed by atoms with Crippen molar-refractivity contribution in [2.45, 2.75) is 18.0 Å². The van der Waals surface area contributed by atoms with Gasteiger partial charge in [-0.3, -0.25) is 9.10 Å². The number of amides is 1. The second-order valence-electron chi connectivity index (χ2n) is 9.51. The highest BCUT2D eigenvalue weighted by molar-refractivity contribution is 7.92. The van der Waals surface area contributed by atoms with Crippen LogP contribution in [0.25, 0.3) is 0 Å². The molecule has 5 rings (SSSR count). The first-order valence-electron chi connectivity index (χ1n) is 13.4. The summed E-state index contributed by atoms with van der Waals surface area (Å²) in [6.07, 6.45) is 1.50. The zero-order valence-corrected chi connectivity index (χ0v) is 24.6. The lowest BCUT2D eigenvalue weighted by atomic mass is 10.1. The van der Waals surface area contributed by atoms with Gasteiger partial charge in [-0.2, -0.15) is 5.10 Å². The van der Waals surface area contributed by atoms with Gasteiger partial charge in [0.1, 0.15) is 12.4 Å². The normalized spacial score (nSPS) is 11.3. The van der Waals surface area contributed by atoms with Crippen LogP contribution in [0.3, 0.4) is 0 Å². The van der Waals surface area contributed by atoms with Gasteiger partial charge in [0.25, 0.3) is 15.9 Å². The molecule has 216 valence electrons. The molecule has 0 bridgehead atoms. The third-order valence-electron chi connectivity index (χ3n) is 6.47. The highest BCUT2D eigenvalue weighted by Gasteiger charge is 2.28. The van der Waals surface area contributed by atoms with Gasteiger partial charge >= 0.3 is 0 Å². The summed E-state index contributed by atoms with van der Waals surface area (Å²) in [6, 6.07) is 38.6. The molecule has 43 heavy (non-hydrogen) atoms. The number of nitrogens with zero attached hydrogens (tertiary/aromatic N) is 2. The summed E-state index contributed by atoms with van der Waals surface area (Å²) in [7, 11) is -4.00. The van der Waals surface area contributed by atoms with Gasteiger partial charge in [0.2, 0.25) is 0 Å². The molecule has 0 aliphatic carbocycles. The molecule has 5 aromatic carbocycles. The Bertz CT molecular complexity index is 1810. The summed E-state index contributed by atoms with van der Waals surface area (Å²) in [5.41, 5.74) is 5.40. The van der Waals surface area contributed by atoms with Crippen LogP contribution in [0.15, 0.2) is 143 Å². The Hall–Kier alpha value is -4.92. The Morgan fingerprint density at radius 1 is 0.791 bits per heavy atom. The fourth-order valence-electron chi connectivity index (χ4n) is 4.32. The molecule has 9 heteroatoms. The van der Waals surface area contributed by atoms with Gasteiger partial charge in [0.05, 0.1) is 28.9 Å². The average molecular weight is 610 g/mol. The molecule has 0 unspecified atom stereocenters. The predicted octanol–water partition coefficient (Wildman–Crippen LogP) is 7.08. The van der Waals surface area contributed by atoms with Gasteiger partial charge in [0, 0.05) is 5.02 Å². The smallest absolute Gasteiger partial charge is 0.273 e.